The molecule has 0 spiro atoms. The van der Waals surface area contributed by atoms with Crippen LogP contribution in [0, 0.1) is 16.0 Å². The van der Waals surface area contributed by atoms with Gasteiger partial charge in [0.2, 0.25) is 0 Å². The number of aliphatic carboxylic acids is 1. The molecule has 2 aromatic rings. The molecule has 156 valence electrons. The summed E-state index contributed by atoms with van der Waals surface area (Å²) in [7, 11) is 1.49. The van der Waals surface area contributed by atoms with Gasteiger partial charge in [0.1, 0.15) is 12.6 Å². The minimum absolute atomic E-state index is 0.00675. The average molecular weight is 423 g/mol. The van der Waals surface area contributed by atoms with Crippen molar-refractivity contribution in [3.05, 3.63) is 62.7 Å². The highest BCUT2D eigenvalue weighted by Crippen LogP contribution is 2.34. The minimum atomic E-state index is -0.925. The quantitative estimate of drug-likeness (QED) is 0.439. The summed E-state index contributed by atoms with van der Waals surface area (Å²) in [4.78, 5) is 21.6. The molecule has 0 radical (unpaired) electrons. The largest absolute Gasteiger partial charge is 0.493 e. The Hall–Kier alpha value is -2.84. The van der Waals surface area contributed by atoms with Crippen molar-refractivity contribution in [1.82, 2.24) is 5.32 Å². The van der Waals surface area contributed by atoms with Crippen molar-refractivity contribution in [2.45, 2.75) is 33.0 Å². The molecule has 2 N–H and O–H groups in total. The highest BCUT2D eigenvalue weighted by molar-refractivity contribution is 6.31. The SMILES string of the molecule is COc1cc(CNC(C(=O)O)C(C)C)c(Cl)cc1OCc1ccc([N+](=O)[O-])cc1. The highest BCUT2D eigenvalue weighted by atomic mass is 35.5. The van der Waals surface area contributed by atoms with Gasteiger partial charge in [-0.05, 0) is 35.2 Å². The van der Waals surface area contributed by atoms with E-state index >= 15 is 0 Å². The van der Waals surface area contributed by atoms with Crippen LogP contribution in [0.5, 0.6) is 11.5 Å². The van der Waals surface area contributed by atoms with Crippen molar-refractivity contribution < 1.29 is 24.3 Å². The maximum absolute atomic E-state index is 11.3. The van der Waals surface area contributed by atoms with E-state index in [-0.39, 0.29) is 24.8 Å². The van der Waals surface area contributed by atoms with Gasteiger partial charge >= 0.3 is 5.97 Å². The van der Waals surface area contributed by atoms with Gasteiger partial charge in [0.25, 0.3) is 5.69 Å². The molecule has 8 nitrogen and oxygen atoms in total. The lowest BCUT2D eigenvalue weighted by Gasteiger charge is -2.19. The van der Waals surface area contributed by atoms with Crippen molar-refractivity contribution in [3.63, 3.8) is 0 Å². The van der Waals surface area contributed by atoms with Crippen LogP contribution >= 0.6 is 11.6 Å². The second-order valence-corrected chi connectivity index (χ2v) is 7.15. The van der Waals surface area contributed by atoms with Crippen LogP contribution in [0.4, 0.5) is 5.69 Å². The Morgan fingerprint density at radius 1 is 1.24 bits per heavy atom. The van der Waals surface area contributed by atoms with Gasteiger partial charge in [0, 0.05) is 29.8 Å². The van der Waals surface area contributed by atoms with Crippen LogP contribution in [0.3, 0.4) is 0 Å². The first-order valence-corrected chi connectivity index (χ1v) is 9.29. The number of nitro groups is 1. The van der Waals surface area contributed by atoms with Crippen LogP contribution in [0.25, 0.3) is 0 Å². The number of nitrogens with one attached hydrogen (secondary N) is 1. The number of ether oxygens (including phenoxy) is 2. The van der Waals surface area contributed by atoms with Crippen LogP contribution in [-0.4, -0.2) is 29.2 Å². The number of nitrogens with zero attached hydrogens (tertiary/aromatic N) is 1. The lowest BCUT2D eigenvalue weighted by atomic mass is 10.0. The summed E-state index contributed by atoms with van der Waals surface area (Å²) in [5, 5.41) is 23.4. The maximum atomic E-state index is 11.3. The number of benzene rings is 2. The predicted octanol–water partition coefficient (Wildman–Crippen LogP) is 4.03. The summed E-state index contributed by atoms with van der Waals surface area (Å²) in [6.07, 6.45) is 0. The maximum Gasteiger partial charge on any atom is 0.320 e. The van der Waals surface area contributed by atoms with E-state index in [1.807, 2.05) is 13.8 Å². The first-order chi connectivity index (χ1) is 13.7. The van der Waals surface area contributed by atoms with E-state index in [1.165, 1.54) is 19.2 Å². The Morgan fingerprint density at radius 2 is 1.90 bits per heavy atom. The first kappa shape index (κ1) is 22.4. The molecule has 0 saturated carbocycles. The lowest BCUT2D eigenvalue weighted by Crippen LogP contribution is -2.40. The van der Waals surface area contributed by atoms with Gasteiger partial charge in [0.05, 0.1) is 12.0 Å². The number of carboxylic acid groups (broad SMARTS) is 1. The fraction of sp³-hybridized carbons (Fsp3) is 0.350. The second kappa shape index (κ2) is 10.1. The Morgan fingerprint density at radius 3 is 2.41 bits per heavy atom. The molecule has 0 bridgehead atoms. The number of non-ortho nitro benzene ring substituents is 1. The number of rotatable bonds is 10. The fourth-order valence-electron chi connectivity index (χ4n) is 2.69. The smallest absolute Gasteiger partial charge is 0.320 e. The number of halogens is 1. The molecule has 1 unspecified atom stereocenters. The summed E-state index contributed by atoms with van der Waals surface area (Å²) >= 11 is 6.34. The van der Waals surface area contributed by atoms with Crippen molar-refractivity contribution in [2.24, 2.45) is 5.92 Å². The molecule has 0 saturated heterocycles. The number of nitro benzene ring substituents is 1. The van der Waals surface area contributed by atoms with Crippen molar-refractivity contribution in [1.29, 1.82) is 0 Å². The lowest BCUT2D eigenvalue weighted by molar-refractivity contribution is -0.384. The Bertz CT molecular complexity index is 870. The molecule has 0 heterocycles. The molecule has 0 aliphatic rings. The van der Waals surface area contributed by atoms with Gasteiger partial charge in [-0.15, -0.1) is 0 Å². The van der Waals surface area contributed by atoms with Crippen molar-refractivity contribution >= 4 is 23.3 Å². The number of carboxylic acids is 1. The van der Waals surface area contributed by atoms with E-state index < -0.39 is 16.9 Å². The van der Waals surface area contributed by atoms with Crippen LogP contribution in [0.1, 0.15) is 25.0 Å². The molecule has 0 aromatic heterocycles. The Labute approximate surface area is 173 Å². The number of hydrogen-bond acceptors (Lipinski definition) is 6. The number of carbonyl (C=O) groups is 1. The highest BCUT2D eigenvalue weighted by Gasteiger charge is 2.21. The molecule has 0 fully saturated rings. The molecule has 2 aromatic carbocycles. The monoisotopic (exact) mass is 422 g/mol. The summed E-state index contributed by atoms with van der Waals surface area (Å²) < 4.78 is 11.1. The summed E-state index contributed by atoms with van der Waals surface area (Å²) in [5.41, 5.74) is 1.44. The van der Waals surface area contributed by atoms with Crippen LogP contribution < -0.4 is 14.8 Å². The molecule has 2 rings (SSSR count). The van der Waals surface area contributed by atoms with E-state index in [1.54, 1.807) is 24.3 Å². The molecule has 9 heteroatoms. The van der Waals surface area contributed by atoms with E-state index in [4.69, 9.17) is 21.1 Å². The Balaban J connectivity index is 2.10. The van der Waals surface area contributed by atoms with Crippen LogP contribution in [0.15, 0.2) is 36.4 Å². The molecular formula is C20H23ClN2O6. The molecule has 1 atom stereocenters. The van der Waals surface area contributed by atoms with E-state index in [2.05, 4.69) is 5.32 Å². The fourth-order valence-corrected chi connectivity index (χ4v) is 2.91. The number of methoxy groups -OCH3 is 1. The number of hydrogen-bond donors (Lipinski definition) is 2. The van der Waals surface area contributed by atoms with Gasteiger partial charge in [-0.25, -0.2) is 0 Å². The van der Waals surface area contributed by atoms with Gasteiger partial charge in [-0.1, -0.05) is 25.4 Å². The third-order valence-corrected chi connectivity index (χ3v) is 4.67. The molecule has 0 amide bonds. The molecule has 0 aliphatic carbocycles. The van der Waals surface area contributed by atoms with E-state index in [0.717, 1.165) is 5.56 Å². The third-order valence-electron chi connectivity index (χ3n) is 4.32. The van der Waals surface area contributed by atoms with Crippen LogP contribution in [0.2, 0.25) is 5.02 Å². The first-order valence-electron chi connectivity index (χ1n) is 8.91. The van der Waals surface area contributed by atoms with Crippen molar-refractivity contribution in [3.8, 4) is 11.5 Å². The van der Waals surface area contributed by atoms with E-state index in [9.17, 15) is 20.0 Å². The molecule has 0 aliphatic heterocycles. The summed E-state index contributed by atoms with van der Waals surface area (Å²) in [6, 6.07) is 8.64. The molecule has 29 heavy (non-hydrogen) atoms. The zero-order valence-corrected chi connectivity index (χ0v) is 17.1. The topological polar surface area (TPSA) is 111 Å². The Kier molecular flexibility index (Phi) is 7.81. The van der Waals surface area contributed by atoms with Crippen molar-refractivity contribution in [2.75, 3.05) is 7.11 Å². The average Bonchev–Trinajstić information content (AvgIpc) is 2.67. The normalized spacial score (nSPS) is 11.9. The van der Waals surface area contributed by atoms with Gasteiger partial charge in [-0.2, -0.15) is 0 Å². The third kappa shape index (κ3) is 6.07. The zero-order valence-electron chi connectivity index (χ0n) is 16.3. The summed E-state index contributed by atoms with van der Waals surface area (Å²) in [5.74, 6) is -0.147. The van der Waals surface area contributed by atoms with Gasteiger partial charge in [0.15, 0.2) is 11.5 Å². The standard InChI is InChI=1S/C20H23ClN2O6/c1-12(2)19(20(24)25)22-10-14-8-17(28-3)18(9-16(14)21)29-11-13-4-6-15(7-5-13)23(26)27/h4-9,12,19,22H,10-11H2,1-3H3,(H,24,25). The zero-order chi connectivity index (χ0) is 21.6. The minimum Gasteiger partial charge on any atom is -0.493 e. The second-order valence-electron chi connectivity index (χ2n) is 6.75. The van der Waals surface area contributed by atoms with E-state index in [0.29, 0.717) is 22.1 Å². The van der Waals surface area contributed by atoms with Gasteiger partial charge < -0.3 is 19.9 Å². The van der Waals surface area contributed by atoms with Gasteiger partial charge in [-0.3, -0.25) is 14.9 Å². The molecular weight excluding hydrogens is 400 g/mol. The summed E-state index contributed by atoms with van der Waals surface area (Å²) in [6.45, 7) is 4.08. The predicted molar refractivity (Wildman–Crippen MR) is 109 cm³/mol. The van der Waals surface area contributed by atoms with Crippen LogP contribution in [-0.2, 0) is 17.9 Å².